The average Bonchev–Trinajstić information content (AvgIpc) is 3.37. The van der Waals surface area contributed by atoms with Crippen molar-refractivity contribution in [2.45, 2.75) is 38.6 Å². The summed E-state index contributed by atoms with van der Waals surface area (Å²) in [6, 6.07) is 3.52. The smallest absolute Gasteiger partial charge is 0.291 e. The first-order valence-electron chi connectivity index (χ1n) is 8.33. The number of rotatable bonds is 5. The van der Waals surface area contributed by atoms with Gasteiger partial charge in [0, 0.05) is 18.8 Å². The molecule has 3 aromatic rings. The molecule has 128 valence electrons. The number of hydrogen-bond donors (Lipinski definition) is 1. The van der Waals surface area contributed by atoms with Crippen LogP contribution in [0, 0.1) is 0 Å². The first-order chi connectivity index (χ1) is 12.2. The Balaban J connectivity index is 1.66. The molecule has 8 nitrogen and oxygen atoms in total. The van der Waals surface area contributed by atoms with Crippen molar-refractivity contribution in [2.75, 3.05) is 5.32 Å². The first kappa shape index (κ1) is 15.5. The third-order valence-electron chi connectivity index (χ3n) is 4.32. The molecule has 1 amide bonds. The van der Waals surface area contributed by atoms with Gasteiger partial charge in [-0.2, -0.15) is 5.10 Å². The van der Waals surface area contributed by atoms with Crippen LogP contribution in [0.1, 0.15) is 37.1 Å². The Morgan fingerprint density at radius 2 is 2.24 bits per heavy atom. The van der Waals surface area contributed by atoms with E-state index in [-0.39, 0.29) is 18.0 Å². The molecule has 3 aromatic heterocycles. The van der Waals surface area contributed by atoms with Gasteiger partial charge in [0.1, 0.15) is 30.0 Å². The molecule has 0 aromatic carbocycles. The lowest BCUT2D eigenvalue weighted by Crippen LogP contribution is -2.32. The van der Waals surface area contributed by atoms with Gasteiger partial charge in [-0.1, -0.05) is 6.92 Å². The van der Waals surface area contributed by atoms with Gasteiger partial charge >= 0.3 is 0 Å². The molecule has 3 heterocycles. The van der Waals surface area contributed by atoms with Crippen LogP contribution in [0.15, 0.2) is 35.6 Å². The van der Waals surface area contributed by atoms with Gasteiger partial charge in [0.15, 0.2) is 0 Å². The van der Waals surface area contributed by atoms with Gasteiger partial charge in [-0.15, -0.1) is 0 Å². The fourth-order valence-electron chi connectivity index (χ4n) is 2.90. The molecule has 1 N–H and O–H groups in total. The second-order valence-corrected chi connectivity index (χ2v) is 6.18. The number of carbonyl (C=O) groups excluding carboxylic acids is 1. The van der Waals surface area contributed by atoms with Crippen LogP contribution in [-0.4, -0.2) is 30.1 Å². The van der Waals surface area contributed by atoms with E-state index < -0.39 is 0 Å². The summed E-state index contributed by atoms with van der Waals surface area (Å²) in [6.45, 7) is 1.82. The molecule has 1 aliphatic rings. The predicted octanol–water partition coefficient (Wildman–Crippen LogP) is 1.36. The van der Waals surface area contributed by atoms with Crippen molar-refractivity contribution in [3.63, 3.8) is 0 Å². The van der Waals surface area contributed by atoms with Crippen molar-refractivity contribution in [1.29, 1.82) is 0 Å². The van der Waals surface area contributed by atoms with E-state index in [1.54, 1.807) is 6.07 Å². The first-order valence-corrected chi connectivity index (χ1v) is 8.33. The van der Waals surface area contributed by atoms with Crippen molar-refractivity contribution in [3.8, 4) is 0 Å². The summed E-state index contributed by atoms with van der Waals surface area (Å²) in [5.41, 5.74) is 1.49. The highest BCUT2D eigenvalue weighted by molar-refractivity contribution is 5.89. The summed E-state index contributed by atoms with van der Waals surface area (Å²) in [5.74, 6) is 1.35. The van der Waals surface area contributed by atoms with Gasteiger partial charge in [-0.05, 0) is 36.5 Å². The van der Waals surface area contributed by atoms with Gasteiger partial charge in [-0.3, -0.25) is 14.0 Å². The summed E-state index contributed by atoms with van der Waals surface area (Å²) in [4.78, 5) is 32.7. The zero-order valence-electron chi connectivity index (χ0n) is 13.8. The van der Waals surface area contributed by atoms with Crippen molar-refractivity contribution in [3.05, 3.63) is 52.6 Å². The number of nitrogens with one attached hydrogen (secondary N) is 1. The van der Waals surface area contributed by atoms with Gasteiger partial charge in [-0.25, -0.2) is 14.6 Å². The highest BCUT2D eigenvalue weighted by Crippen LogP contribution is 2.40. The number of anilines is 1. The fraction of sp³-hybridized carbons (Fsp3) is 0.353. The molecule has 4 rings (SSSR count). The summed E-state index contributed by atoms with van der Waals surface area (Å²) in [7, 11) is 0. The highest BCUT2D eigenvalue weighted by Gasteiger charge is 2.26. The van der Waals surface area contributed by atoms with E-state index in [0.717, 1.165) is 5.82 Å². The van der Waals surface area contributed by atoms with E-state index in [0.29, 0.717) is 23.7 Å². The Hall–Kier alpha value is -3.03. The summed E-state index contributed by atoms with van der Waals surface area (Å²) in [5, 5.41) is 7.01. The van der Waals surface area contributed by atoms with Crippen LogP contribution in [0.2, 0.25) is 0 Å². The minimum absolute atomic E-state index is 0.156. The summed E-state index contributed by atoms with van der Waals surface area (Å²) < 4.78 is 3.08. The molecule has 0 spiro atoms. The summed E-state index contributed by atoms with van der Waals surface area (Å²) in [6.07, 6.45) is 7.90. The Labute approximate surface area is 143 Å². The molecule has 0 atom stereocenters. The minimum Gasteiger partial charge on any atom is -0.309 e. The molecule has 1 fully saturated rings. The van der Waals surface area contributed by atoms with E-state index in [2.05, 4.69) is 20.4 Å². The van der Waals surface area contributed by atoms with Crippen LogP contribution in [0.5, 0.6) is 0 Å². The lowest BCUT2D eigenvalue weighted by molar-refractivity contribution is -0.117. The van der Waals surface area contributed by atoms with Crippen LogP contribution in [-0.2, 0) is 17.8 Å². The second kappa shape index (κ2) is 6.12. The molecule has 0 unspecified atom stereocenters. The molecule has 0 bridgehead atoms. The third-order valence-corrected chi connectivity index (χ3v) is 4.32. The van der Waals surface area contributed by atoms with Gasteiger partial charge in [0.2, 0.25) is 5.91 Å². The Morgan fingerprint density at radius 3 is 2.92 bits per heavy atom. The van der Waals surface area contributed by atoms with Crippen molar-refractivity contribution in [1.82, 2.24) is 24.1 Å². The van der Waals surface area contributed by atoms with Gasteiger partial charge in [0.25, 0.3) is 5.56 Å². The highest BCUT2D eigenvalue weighted by atomic mass is 16.2. The third kappa shape index (κ3) is 3.02. The van der Waals surface area contributed by atoms with Gasteiger partial charge < -0.3 is 5.32 Å². The molecule has 1 saturated carbocycles. The molecular weight excluding hydrogens is 320 g/mol. The predicted molar refractivity (Wildman–Crippen MR) is 91.5 cm³/mol. The second-order valence-electron chi connectivity index (χ2n) is 6.18. The molecule has 25 heavy (non-hydrogen) atoms. The molecule has 1 aliphatic carbocycles. The van der Waals surface area contributed by atoms with Crippen LogP contribution < -0.4 is 10.9 Å². The largest absolute Gasteiger partial charge is 0.309 e. The number of amides is 1. The number of fused-ring (bicyclic) bond motifs is 1. The molecule has 8 heteroatoms. The fourth-order valence-corrected chi connectivity index (χ4v) is 2.90. The quantitative estimate of drug-likeness (QED) is 0.758. The number of carbonyl (C=O) groups is 1. The van der Waals surface area contributed by atoms with Crippen LogP contribution in [0.4, 0.5) is 5.82 Å². The Bertz CT molecular complexity index is 988. The van der Waals surface area contributed by atoms with Crippen molar-refractivity contribution < 1.29 is 4.79 Å². The van der Waals surface area contributed by atoms with Crippen LogP contribution in [0.3, 0.4) is 0 Å². The molecular formula is C17H18N6O2. The zero-order valence-corrected chi connectivity index (χ0v) is 13.8. The van der Waals surface area contributed by atoms with Crippen molar-refractivity contribution >= 4 is 17.2 Å². The van der Waals surface area contributed by atoms with E-state index in [1.807, 2.05) is 23.6 Å². The standard InChI is InChI=1S/C17H18N6O2/c1-2-15-21-23(9-16(24)20-14-5-6-18-10-19-14)17(25)13-7-12(8-22(13)15)11-3-4-11/h5-8,10-11H,2-4,9H2,1H3,(H,18,19,20,24). The van der Waals surface area contributed by atoms with E-state index in [9.17, 15) is 9.59 Å². The maximum absolute atomic E-state index is 12.7. The molecule has 0 saturated heterocycles. The maximum Gasteiger partial charge on any atom is 0.291 e. The molecule has 0 radical (unpaired) electrons. The van der Waals surface area contributed by atoms with Crippen molar-refractivity contribution in [2.24, 2.45) is 0 Å². The monoisotopic (exact) mass is 338 g/mol. The van der Waals surface area contributed by atoms with E-state index in [4.69, 9.17) is 0 Å². The molecule has 0 aliphatic heterocycles. The zero-order chi connectivity index (χ0) is 17.4. The number of aryl methyl sites for hydroxylation is 1. The van der Waals surface area contributed by atoms with E-state index in [1.165, 1.54) is 35.6 Å². The number of nitrogens with zero attached hydrogens (tertiary/aromatic N) is 5. The van der Waals surface area contributed by atoms with Crippen LogP contribution in [0.25, 0.3) is 5.52 Å². The lowest BCUT2D eigenvalue weighted by atomic mass is 10.2. The van der Waals surface area contributed by atoms with E-state index >= 15 is 0 Å². The maximum atomic E-state index is 12.7. The normalized spacial score (nSPS) is 14.0. The average molecular weight is 338 g/mol. The topological polar surface area (TPSA) is 94.2 Å². The van der Waals surface area contributed by atoms with Crippen LogP contribution >= 0.6 is 0 Å². The number of hydrogen-bond acceptors (Lipinski definition) is 5. The summed E-state index contributed by atoms with van der Waals surface area (Å²) >= 11 is 0. The lowest BCUT2D eigenvalue weighted by Gasteiger charge is -2.09. The number of aromatic nitrogens is 5. The Morgan fingerprint density at radius 1 is 1.40 bits per heavy atom. The minimum atomic E-state index is -0.353. The van der Waals surface area contributed by atoms with Gasteiger partial charge in [0.05, 0.1) is 0 Å². The SMILES string of the molecule is CCc1nn(CC(=O)Nc2ccncn2)c(=O)c2cc(C3CC3)cn12. The Kier molecular flexibility index (Phi) is 3.79.